The Morgan fingerprint density at radius 2 is 2.39 bits per heavy atom. The van der Waals surface area contributed by atoms with Gasteiger partial charge in [0.25, 0.3) is 5.91 Å². The van der Waals surface area contributed by atoms with Gasteiger partial charge in [0.2, 0.25) is 0 Å². The van der Waals surface area contributed by atoms with Crippen molar-refractivity contribution in [1.29, 1.82) is 0 Å². The highest BCUT2D eigenvalue weighted by molar-refractivity contribution is 5.98. The third-order valence-electron chi connectivity index (χ3n) is 2.82. The molecule has 1 aliphatic rings. The molecule has 6 nitrogen and oxygen atoms in total. The van der Waals surface area contributed by atoms with Gasteiger partial charge in [-0.15, -0.1) is 0 Å². The van der Waals surface area contributed by atoms with Crippen LogP contribution < -0.4 is 5.32 Å². The molecule has 1 fully saturated rings. The van der Waals surface area contributed by atoms with Crippen LogP contribution in [0.4, 0.5) is 5.69 Å². The molecule has 94 valence electrons. The molecule has 18 heavy (non-hydrogen) atoms. The van der Waals surface area contributed by atoms with Crippen molar-refractivity contribution in [2.24, 2.45) is 5.11 Å². The molecule has 0 radical (unpaired) electrons. The monoisotopic (exact) mass is 246 g/mol. The second-order valence-corrected chi connectivity index (χ2v) is 4.05. The van der Waals surface area contributed by atoms with Crippen molar-refractivity contribution < 1.29 is 9.53 Å². The summed E-state index contributed by atoms with van der Waals surface area (Å²) in [5.41, 5.74) is 9.16. The summed E-state index contributed by atoms with van der Waals surface area (Å²) in [5.74, 6) is -0.242. The zero-order valence-electron chi connectivity index (χ0n) is 9.87. The Bertz CT molecular complexity index is 477. The predicted molar refractivity (Wildman–Crippen MR) is 66.6 cm³/mol. The normalized spacial score (nSPS) is 18.1. The lowest BCUT2D eigenvalue weighted by Crippen LogP contribution is -2.31. The maximum atomic E-state index is 11.9. The summed E-state index contributed by atoms with van der Waals surface area (Å²) in [6, 6.07) is 6.70. The Hall–Kier alpha value is -2.04. The molecule has 0 aliphatic carbocycles. The van der Waals surface area contributed by atoms with Crippen molar-refractivity contribution in [2.75, 3.05) is 13.2 Å². The zero-order valence-corrected chi connectivity index (χ0v) is 9.87. The molecule has 0 spiro atoms. The van der Waals surface area contributed by atoms with Crippen molar-refractivity contribution in [3.8, 4) is 0 Å². The van der Waals surface area contributed by atoms with Crippen molar-refractivity contribution in [3.63, 3.8) is 0 Å². The highest BCUT2D eigenvalue weighted by Gasteiger charge is 2.17. The third-order valence-corrected chi connectivity index (χ3v) is 2.82. The molecule has 1 aliphatic heterocycles. The minimum atomic E-state index is -0.242. The Kier molecular flexibility index (Phi) is 4.17. The number of nitrogens with one attached hydrogen (secondary N) is 1. The average molecular weight is 246 g/mol. The van der Waals surface area contributed by atoms with E-state index in [1.165, 1.54) is 0 Å². The van der Waals surface area contributed by atoms with Crippen molar-refractivity contribution >= 4 is 11.6 Å². The zero-order chi connectivity index (χ0) is 12.8. The van der Waals surface area contributed by atoms with Gasteiger partial charge in [0.05, 0.1) is 11.8 Å². The molecule has 1 unspecified atom stereocenters. The lowest BCUT2D eigenvalue weighted by Gasteiger charge is -2.11. The van der Waals surface area contributed by atoms with E-state index in [9.17, 15) is 4.79 Å². The molecular formula is C12H14N4O2. The van der Waals surface area contributed by atoms with Crippen LogP contribution in [-0.2, 0) is 4.74 Å². The lowest BCUT2D eigenvalue weighted by atomic mass is 10.1. The number of hydrogen-bond donors (Lipinski definition) is 1. The second-order valence-electron chi connectivity index (χ2n) is 4.05. The first-order chi connectivity index (χ1) is 8.81. The molecule has 1 saturated heterocycles. The molecular weight excluding hydrogens is 232 g/mol. The minimum Gasteiger partial charge on any atom is -0.376 e. The smallest absolute Gasteiger partial charge is 0.251 e. The summed E-state index contributed by atoms with van der Waals surface area (Å²) in [6.45, 7) is 1.25. The molecule has 0 saturated carbocycles. The highest BCUT2D eigenvalue weighted by Crippen LogP contribution is 2.19. The Balaban J connectivity index is 2.01. The molecule has 1 amide bonds. The lowest BCUT2D eigenvalue weighted by molar-refractivity contribution is 0.0858. The molecule has 0 aromatic heterocycles. The number of carbonyl (C=O) groups is 1. The van der Waals surface area contributed by atoms with E-state index in [0.29, 0.717) is 17.8 Å². The minimum absolute atomic E-state index is 0.0978. The number of ether oxygens (including phenoxy) is 1. The first-order valence-corrected chi connectivity index (χ1v) is 5.85. The average Bonchev–Trinajstić information content (AvgIpc) is 2.90. The van der Waals surface area contributed by atoms with Crippen LogP contribution in [0.1, 0.15) is 23.2 Å². The molecule has 2 rings (SSSR count). The van der Waals surface area contributed by atoms with E-state index in [-0.39, 0.29) is 12.0 Å². The van der Waals surface area contributed by atoms with Crippen LogP contribution in [0.3, 0.4) is 0 Å². The maximum Gasteiger partial charge on any atom is 0.251 e. The van der Waals surface area contributed by atoms with Gasteiger partial charge >= 0.3 is 0 Å². The second kappa shape index (κ2) is 6.05. The van der Waals surface area contributed by atoms with Crippen molar-refractivity contribution in [1.82, 2.24) is 5.32 Å². The van der Waals surface area contributed by atoms with Gasteiger partial charge in [0, 0.05) is 23.6 Å². The van der Waals surface area contributed by atoms with E-state index in [4.69, 9.17) is 10.3 Å². The highest BCUT2D eigenvalue weighted by atomic mass is 16.5. The number of amides is 1. The quantitative estimate of drug-likeness (QED) is 0.502. The van der Waals surface area contributed by atoms with Crippen LogP contribution in [0.25, 0.3) is 10.4 Å². The van der Waals surface area contributed by atoms with Crippen LogP contribution in [-0.4, -0.2) is 25.2 Å². The first-order valence-electron chi connectivity index (χ1n) is 5.85. The van der Waals surface area contributed by atoms with E-state index < -0.39 is 0 Å². The van der Waals surface area contributed by atoms with Gasteiger partial charge in [-0.25, -0.2) is 0 Å². The molecule has 1 heterocycles. The van der Waals surface area contributed by atoms with E-state index in [1.54, 1.807) is 24.3 Å². The number of rotatable bonds is 4. The van der Waals surface area contributed by atoms with Gasteiger partial charge in [-0.3, -0.25) is 4.79 Å². The fraction of sp³-hybridized carbons (Fsp3) is 0.417. The van der Waals surface area contributed by atoms with E-state index in [1.807, 2.05) is 0 Å². The summed E-state index contributed by atoms with van der Waals surface area (Å²) in [4.78, 5) is 14.7. The largest absolute Gasteiger partial charge is 0.376 e. The van der Waals surface area contributed by atoms with Gasteiger partial charge in [0.15, 0.2) is 0 Å². The maximum absolute atomic E-state index is 11.9. The summed E-state index contributed by atoms with van der Waals surface area (Å²) >= 11 is 0. The predicted octanol–water partition coefficient (Wildman–Crippen LogP) is 2.54. The van der Waals surface area contributed by atoms with Crippen LogP contribution in [0.5, 0.6) is 0 Å². The van der Waals surface area contributed by atoms with Crippen LogP contribution in [0.15, 0.2) is 29.4 Å². The standard InChI is InChI=1S/C12H14N4O2/c13-16-15-11-6-2-1-5-10(11)12(17)14-8-9-4-3-7-18-9/h1-2,5-6,9H,3-4,7-8H2,(H,14,17). The van der Waals surface area contributed by atoms with Crippen LogP contribution in [0.2, 0.25) is 0 Å². The fourth-order valence-electron chi connectivity index (χ4n) is 1.91. The van der Waals surface area contributed by atoms with E-state index in [0.717, 1.165) is 19.4 Å². The Morgan fingerprint density at radius 1 is 1.56 bits per heavy atom. The van der Waals surface area contributed by atoms with Crippen molar-refractivity contribution in [3.05, 3.63) is 40.3 Å². The first kappa shape index (κ1) is 12.4. The van der Waals surface area contributed by atoms with Crippen molar-refractivity contribution in [2.45, 2.75) is 18.9 Å². The molecule has 1 atom stereocenters. The number of nitrogens with zero attached hydrogens (tertiary/aromatic N) is 3. The molecule has 1 N–H and O–H groups in total. The van der Waals surface area contributed by atoms with Crippen LogP contribution in [0, 0.1) is 0 Å². The topological polar surface area (TPSA) is 87.1 Å². The summed E-state index contributed by atoms with van der Waals surface area (Å²) in [7, 11) is 0. The molecule has 1 aromatic carbocycles. The van der Waals surface area contributed by atoms with Gasteiger partial charge in [0.1, 0.15) is 0 Å². The van der Waals surface area contributed by atoms with Gasteiger partial charge < -0.3 is 10.1 Å². The van der Waals surface area contributed by atoms with Gasteiger partial charge in [-0.2, -0.15) is 0 Å². The molecule has 6 heteroatoms. The van der Waals surface area contributed by atoms with E-state index >= 15 is 0 Å². The van der Waals surface area contributed by atoms with Gasteiger partial charge in [-0.05, 0) is 24.4 Å². The number of azide groups is 1. The van der Waals surface area contributed by atoms with Gasteiger partial charge in [-0.1, -0.05) is 23.3 Å². The molecule has 0 bridgehead atoms. The Morgan fingerprint density at radius 3 is 3.11 bits per heavy atom. The SMILES string of the molecule is [N-]=[N+]=Nc1ccccc1C(=O)NCC1CCCO1. The summed E-state index contributed by atoms with van der Waals surface area (Å²) < 4.78 is 5.42. The summed E-state index contributed by atoms with van der Waals surface area (Å²) in [6.07, 6.45) is 2.11. The number of hydrogen-bond acceptors (Lipinski definition) is 3. The number of carbonyl (C=O) groups excluding carboxylic acids is 1. The summed E-state index contributed by atoms with van der Waals surface area (Å²) in [5, 5.41) is 6.29. The van der Waals surface area contributed by atoms with Crippen LogP contribution >= 0.6 is 0 Å². The third kappa shape index (κ3) is 3.00. The van der Waals surface area contributed by atoms with E-state index in [2.05, 4.69) is 15.3 Å². The number of benzene rings is 1. The fourth-order valence-corrected chi connectivity index (χ4v) is 1.91. The Labute approximate surface area is 105 Å². The molecule has 1 aromatic rings.